The SMILES string of the molecule is CC(C)c1cc(C(=O)N2CCC3(CC2)C[C@@H]([C@H](O)c2ccccc2)N(Cc2cccc(Cl)c2)C3=O)on1. The van der Waals surface area contributed by atoms with Gasteiger partial charge in [0, 0.05) is 30.7 Å². The summed E-state index contributed by atoms with van der Waals surface area (Å²) in [6.45, 7) is 5.26. The number of hydrogen-bond donors (Lipinski definition) is 1. The number of aliphatic hydroxyl groups excluding tert-OH is 1. The Balaban J connectivity index is 1.36. The Morgan fingerprint density at radius 2 is 1.86 bits per heavy atom. The van der Waals surface area contributed by atoms with Crippen LogP contribution in [-0.2, 0) is 11.3 Å². The van der Waals surface area contributed by atoms with Crippen LogP contribution in [0.3, 0.4) is 0 Å². The normalized spacial score (nSPS) is 20.1. The second-order valence-corrected chi connectivity index (χ2v) is 11.0. The van der Waals surface area contributed by atoms with Crippen molar-refractivity contribution in [1.29, 1.82) is 0 Å². The highest BCUT2D eigenvalue weighted by atomic mass is 35.5. The van der Waals surface area contributed by atoms with E-state index in [4.69, 9.17) is 16.1 Å². The summed E-state index contributed by atoms with van der Waals surface area (Å²) in [6, 6.07) is 18.3. The fourth-order valence-electron chi connectivity index (χ4n) is 5.60. The van der Waals surface area contributed by atoms with Crippen molar-refractivity contribution >= 4 is 23.4 Å². The summed E-state index contributed by atoms with van der Waals surface area (Å²) in [5.74, 6) is 0.236. The van der Waals surface area contributed by atoms with Crippen molar-refractivity contribution in [2.24, 2.45) is 5.41 Å². The lowest BCUT2D eigenvalue weighted by atomic mass is 9.75. The van der Waals surface area contributed by atoms with Crippen LogP contribution in [0, 0.1) is 5.41 Å². The fourth-order valence-corrected chi connectivity index (χ4v) is 5.81. The first-order chi connectivity index (χ1) is 17.8. The van der Waals surface area contributed by atoms with Gasteiger partial charge in [-0.15, -0.1) is 0 Å². The standard InChI is InChI=1S/C29H32ClN3O4/c1-19(2)23-16-25(37-31-23)27(35)32-13-11-29(12-14-32)17-24(26(34)21-8-4-3-5-9-21)33(28(29)36)18-20-7-6-10-22(30)15-20/h3-10,15-16,19,24,26,34H,11-14,17-18H2,1-2H3/t24-,26+/m0/s1. The first kappa shape index (κ1) is 25.5. The second-order valence-electron chi connectivity index (χ2n) is 10.5. The predicted molar refractivity (Wildman–Crippen MR) is 140 cm³/mol. The lowest BCUT2D eigenvalue weighted by Crippen LogP contribution is -2.46. The summed E-state index contributed by atoms with van der Waals surface area (Å²) in [4.78, 5) is 30.6. The molecule has 1 aromatic heterocycles. The van der Waals surface area contributed by atoms with Gasteiger partial charge in [-0.25, -0.2) is 0 Å². The number of carbonyl (C=O) groups is 2. The number of rotatable bonds is 6. The zero-order valence-corrected chi connectivity index (χ0v) is 21.9. The van der Waals surface area contributed by atoms with Gasteiger partial charge in [0.15, 0.2) is 0 Å². The second kappa shape index (κ2) is 10.3. The van der Waals surface area contributed by atoms with E-state index in [0.717, 1.165) is 16.8 Å². The minimum atomic E-state index is -0.813. The number of benzene rings is 2. The van der Waals surface area contributed by atoms with Crippen molar-refractivity contribution in [3.63, 3.8) is 0 Å². The van der Waals surface area contributed by atoms with Crippen LogP contribution in [0.5, 0.6) is 0 Å². The maximum Gasteiger partial charge on any atom is 0.292 e. The summed E-state index contributed by atoms with van der Waals surface area (Å²) in [7, 11) is 0. The Bertz CT molecular complexity index is 1270. The lowest BCUT2D eigenvalue weighted by molar-refractivity contribution is -0.140. The molecular weight excluding hydrogens is 490 g/mol. The van der Waals surface area contributed by atoms with Gasteiger partial charge in [-0.3, -0.25) is 9.59 Å². The van der Waals surface area contributed by atoms with E-state index >= 15 is 0 Å². The molecule has 2 fully saturated rings. The van der Waals surface area contributed by atoms with Gasteiger partial charge in [-0.1, -0.05) is 73.1 Å². The van der Waals surface area contributed by atoms with Crippen molar-refractivity contribution in [2.75, 3.05) is 13.1 Å². The number of halogens is 1. The number of aliphatic hydroxyl groups is 1. The van der Waals surface area contributed by atoms with Crippen LogP contribution in [0.4, 0.5) is 0 Å². The molecule has 1 N–H and O–H groups in total. The molecule has 2 aliphatic heterocycles. The molecule has 0 unspecified atom stereocenters. The Labute approximate surface area is 222 Å². The first-order valence-corrected chi connectivity index (χ1v) is 13.2. The topological polar surface area (TPSA) is 86.9 Å². The molecule has 3 aromatic rings. The highest BCUT2D eigenvalue weighted by Crippen LogP contribution is 2.48. The monoisotopic (exact) mass is 521 g/mol. The van der Waals surface area contributed by atoms with Crippen molar-refractivity contribution < 1.29 is 19.2 Å². The van der Waals surface area contributed by atoms with Gasteiger partial charge in [-0.05, 0) is 48.4 Å². The number of amides is 2. The predicted octanol–water partition coefficient (Wildman–Crippen LogP) is 5.21. The van der Waals surface area contributed by atoms with Gasteiger partial charge < -0.3 is 19.4 Å². The summed E-state index contributed by atoms with van der Waals surface area (Å²) in [6.07, 6.45) is 0.788. The molecule has 0 bridgehead atoms. The van der Waals surface area contributed by atoms with E-state index < -0.39 is 11.5 Å². The molecule has 3 heterocycles. The van der Waals surface area contributed by atoms with Crippen LogP contribution in [0.15, 0.2) is 65.2 Å². The molecule has 2 aromatic carbocycles. The van der Waals surface area contributed by atoms with Gasteiger partial charge in [-0.2, -0.15) is 0 Å². The van der Waals surface area contributed by atoms with E-state index in [0.29, 0.717) is 43.9 Å². The molecule has 0 aliphatic carbocycles. The molecule has 0 radical (unpaired) electrons. The van der Waals surface area contributed by atoms with Crippen LogP contribution in [0.1, 0.15) is 72.5 Å². The Kier molecular flexibility index (Phi) is 7.10. The highest BCUT2D eigenvalue weighted by molar-refractivity contribution is 6.30. The summed E-state index contributed by atoms with van der Waals surface area (Å²) in [5.41, 5.74) is 1.83. The number of piperidine rings is 1. The maximum atomic E-state index is 14.0. The average molecular weight is 522 g/mol. The molecule has 2 atom stereocenters. The van der Waals surface area contributed by atoms with Gasteiger partial charge in [0.05, 0.1) is 23.3 Å². The Morgan fingerprint density at radius 3 is 2.51 bits per heavy atom. The third-order valence-electron chi connectivity index (χ3n) is 7.80. The van der Waals surface area contributed by atoms with E-state index in [-0.39, 0.29) is 29.5 Å². The minimum absolute atomic E-state index is 0.0290. The molecular formula is C29H32ClN3O4. The molecule has 1 spiro atoms. The van der Waals surface area contributed by atoms with Gasteiger partial charge in [0.1, 0.15) is 0 Å². The Hall–Kier alpha value is -3.16. The number of nitrogens with zero attached hydrogens (tertiary/aromatic N) is 3. The molecule has 8 heteroatoms. The van der Waals surface area contributed by atoms with Crippen LogP contribution < -0.4 is 0 Å². The summed E-state index contributed by atoms with van der Waals surface area (Å²) < 4.78 is 5.31. The maximum absolute atomic E-state index is 14.0. The van der Waals surface area contributed by atoms with Crippen molar-refractivity contribution in [1.82, 2.24) is 15.0 Å². The number of hydrogen-bond acceptors (Lipinski definition) is 5. The molecule has 2 aliphatic rings. The van der Waals surface area contributed by atoms with Crippen LogP contribution in [-0.4, -0.2) is 51.0 Å². The van der Waals surface area contributed by atoms with Crippen molar-refractivity contribution in [3.05, 3.63) is 88.3 Å². The molecule has 0 saturated carbocycles. The number of aromatic nitrogens is 1. The largest absolute Gasteiger partial charge is 0.386 e. The van der Waals surface area contributed by atoms with E-state index in [1.54, 1.807) is 17.0 Å². The minimum Gasteiger partial charge on any atom is -0.386 e. The number of likely N-dealkylation sites (tertiary alicyclic amines) is 2. The van der Waals surface area contributed by atoms with Crippen LogP contribution >= 0.6 is 11.6 Å². The van der Waals surface area contributed by atoms with Crippen LogP contribution in [0.25, 0.3) is 0 Å². The average Bonchev–Trinajstić information content (AvgIpc) is 3.50. The van der Waals surface area contributed by atoms with Crippen molar-refractivity contribution in [2.45, 2.75) is 57.7 Å². The third kappa shape index (κ3) is 5.03. The zero-order chi connectivity index (χ0) is 26.2. The van der Waals surface area contributed by atoms with E-state index in [9.17, 15) is 14.7 Å². The summed E-state index contributed by atoms with van der Waals surface area (Å²) >= 11 is 6.22. The van der Waals surface area contributed by atoms with Gasteiger partial charge in [0.25, 0.3) is 5.91 Å². The third-order valence-corrected chi connectivity index (χ3v) is 8.04. The van der Waals surface area contributed by atoms with E-state index in [2.05, 4.69) is 5.16 Å². The quantitative estimate of drug-likeness (QED) is 0.481. The molecule has 37 heavy (non-hydrogen) atoms. The van der Waals surface area contributed by atoms with Crippen molar-refractivity contribution in [3.8, 4) is 0 Å². The highest BCUT2D eigenvalue weighted by Gasteiger charge is 2.54. The molecule has 5 rings (SSSR count). The summed E-state index contributed by atoms with van der Waals surface area (Å²) in [5, 5.41) is 16.0. The van der Waals surface area contributed by atoms with Gasteiger partial charge in [0.2, 0.25) is 11.7 Å². The van der Waals surface area contributed by atoms with E-state index in [1.165, 1.54) is 0 Å². The first-order valence-electron chi connectivity index (χ1n) is 12.8. The van der Waals surface area contributed by atoms with Gasteiger partial charge >= 0.3 is 0 Å². The zero-order valence-electron chi connectivity index (χ0n) is 21.1. The lowest BCUT2D eigenvalue weighted by Gasteiger charge is -2.37. The smallest absolute Gasteiger partial charge is 0.292 e. The molecule has 194 valence electrons. The molecule has 2 saturated heterocycles. The molecule has 2 amide bonds. The Morgan fingerprint density at radius 1 is 1.14 bits per heavy atom. The van der Waals surface area contributed by atoms with Crippen LogP contribution in [0.2, 0.25) is 5.02 Å². The number of carbonyl (C=O) groups excluding carboxylic acids is 2. The van der Waals surface area contributed by atoms with E-state index in [1.807, 2.05) is 67.3 Å². The molecule has 7 nitrogen and oxygen atoms in total. The fraction of sp³-hybridized carbons (Fsp3) is 0.414.